The molecule has 0 amide bonds. The van der Waals surface area contributed by atoms with Gasteiger partial charge in [-0.1, -0.05) is 0 Å². The molecule has 1 unspecified atom stereocenters. The third-order valence-corrected chi connectivity index (χ3v) is 3.87. The number of hydrogen-bond acceptors (Lipinski definition) is 4. The minimum atomic E-state index is -2.98. The number of rotatable bonds is 4. The molecule has 1 atom stereocenters. The topological polar surface area (TPSA) is 54.4 Å². The summed E-state index contributed by atoms with van der Waals surface area (Å²) >= 11 is 1.52. The van der Waals surface area contributed by atoms with Crippen molar-refractivity contribution in [1.29, 1.82) is 0 Å². The van der Waals surface area contributed by atoms with Gasteiger partial charge in [0, 0.05) is 6.26 Å². The molecule has 5 heteroatoms. The molecule has 0 fully saturated rings. The fourth-order valence-electron chi connectivity index (χ4n) is 1.19. The number of thiophene rings is 1. The van der Waals surface area contributed by atoms with Crippen LogP contribution in [0.25, 0.3) is 0 Å². The lowest BCUT2D eigenvalue weighted by Crippen LogP contribution is -2.08. The number of aliphatic hydroxyl groups excluding tert-OH is 1. The van der Waals surface area contributed by atoms with E-state index in [2.05, 4.69) is 0 Å². The molecule has 0 aliphatic heterocycles. The van der Waals surface area contributed by atoms with E-state index in [0.29, 0.717) is 0 Å². The van der Waals surface area contributed by atoms with E-state index in [1.165, 1.54) is 17.6 Å². The standard InChI is InChI=1S/C9H14O3S2/c1-7-5-13-6-8(7)9(10)3-4-14(2,11)12/h5-6,9-10H,3-4H2,1-2H3. The zero-order chi connectivity index (χ0) is 10.8. The monoisotopic (exact) mass is 234 g/mol. The Hall–Kier alpha value is -0.390. The maximum Gasteiger partial charge on any atom is 0.147 e. The molecule has 3 nitrogen and oxygen atoms in total. The van der Waals surface area contributed by atoms with Crippen LogP contribution in [0.1, 0.15) is 23.7 Å². The van der Waals surface area contributed by atoms with Crippen molar-refractivity contribution in [1.82, 2.24) is 0 Å². The van der Waals surface area contributed by atoms with Crippen LogP contribution in [0, 0.1) is 6.92 Å². The smallest absolute Gasteiger partial charge is 0.147 e. The molecular weight excluding hydrogens is 220 g/mol. The zero-order valence-electron chi connectivity index (χ0n) is 8.23. The molecule has 0 bridgehead atoms. The second-order valence-corrected chi connectivity index (χ2v) is 6.45. The van der Waals surface area contributed by atoms with Crippen LogP contribution in [0.5, 0.6) is 0 Å². The Balaban J connectivity index is 2.60. The van der Waals surface area contributed by atoms with Gasteiger partial charge in [-0.2, -0.15) is 11.3 Å². The van der Waals surface area contributed by atoms with E-state index in [4.69, 9.17) is 0 Å². The largest absolute Gasteiger partial charge is 0.388 e. The van der Waals surface area contributed by atoms with Crippen molar-refractivity contribution in [2.45, 2.75) is 19.4 Å². The maximum atomic E-state index is 10.9. The number of aliphatic hydroxyl groups is 1. The summed E-state index contributed by atoms with van der Waals surface area (Å²) in [6.45, 7) is 1.91. The van der Waals surface area contributed by atoms with Gasteiger partial charge < -0.3 is 5.11 Å². The first-order chi connectivity index (χ1) is 6.40. The summed E-state index contributed by atoms with van der Waals surface area (Å²) in [6, 6.07) is 0. The lowest BCUT2D eigenvalue weighted by atomic mass is 10.1. The van der Waals surface area contributed by atoms with Gasteiger partial charge >= 0.3 is 0 Å². The predicted octanol–water partition coefficient (Wildman–Crippen LogP) is 1.52. The Morgan fingerprint density at radius 1 is 1.50 bits per heavy atom. The zero-order valence-corrected chi connectivity index (χ0v) is 9.86. The molecular formula is C9H14O3S2. The van der Waals surface area contributed by atoms with E-state index in [-0.39, 0.29) is 12.2 Å². The average molecular weight is 234 g/mol. The Labute approximate surface area is 88.3 Å². The van der Waals surface area contributed by atoms with Gasteiger partial charge in [-0.25, -0.2) is 8.42 Å². The second-order valence-electron chi connectivity index (χ2n) is 3.44. The van der Waals surface area contributed by atoms with Gasteiger partial charge in [-0.3, -0.25) is 0 Å². The van der Waals surface area contributed by atoms with Gasteiger partial charge in [0.05, 0.1) is 11.9 Å². The first-order valence-electron chi connectivity index (χ1n) is 4.28. The normalized spacial score (nSPS) is 14.2. The van der Waals surface area contributed by atoms with Crippen molar-refractivity contribution in [3.05, 3.63) is 21.9 Å². The van der Waals surface area contributed by atoms with Gasteiger partial charge in [0.2, 0.25) is 0 Å². The molecule has 1 aromatic rings. The van der Waals surface area contributed by atoms with Gasteiger partial charge in [-0.05, 0) is 35.2 Å². The van der Waals surface area contributed by atoms with Gasteiger partial charge in [-0.15, -0.1) is 0 Å². The Bertz CT molecular complexity index is 392. The molecule has 0 radical (unpaired) electrons. The lowest BCUT2D eigenvalue weighted by Gasteiger charge is -2.09. The molecule has 0 saturated carbocycles. The molecule has 1 heterocycles. The number of aryl methyl sites for hydroxylation is 1. The molecule has 0 aliphatic rings. The molecule has 0 aliphatic carbocycles. The van der Waals surface area contributed by atoms with Gasteiger partial charge in [0.25, 0.3) is 0 Å². The molecule has 0 aromatic carbocycles. The van der Waals surface area contributed by atoms with Crippen LogP contribution in [0.3, 0.4) is 0 Å². The molecule has 0 saturated heterocycles. The first kappa shape index (κ1) is 11.7. The third-order valence-electron chi connectivity index (χ3n) is 2.02. The van der Waals surface area contributed by atoms with Crippen LogP contribution in [0.15, 0.2) is 10.8 Å². The fraction of sp³-hybridized carbons (Fsp3) is 0.556. The summed E-state index contributed by atoms with van der Waals surface area (Å²) in [5.74, 6) is 0.0312. The summed E-state index contributed by atoms with van der Waals surface area (Å²) in [7, 11) is -2.98. The summed E-state index contributed by atoms with van der Waals surface area (Å²) in [6.07, 6.45) is 0.798. The minimum absolute atomic E-state index is 0.0312. The highest BCUT2D eigenvalue weighted by molar-refractivity contribution is 7.90. The predicted molar refractivity (Wildman–Crippen MR) is 58.3 cm³/mol. The third kappa shape index (κ3) is 3.40. The highest BCUT2D eigenvalue weighted by atomic mass is 32.2. The Kier molecular flexibility index (Phi) is 3.69. The summed E-state index contributed by atoms with van der Waals surface area (Å²) < 4.78 is 21.8. The molecule has 0 spiro atoms. The minimum Gasteiger partial charge on any atom is -0.388 e. The van der Waals surface area contributed by atoms with Crippen LogP contribution in [-0.2, 0) is 9.84 Å². The van der Waals surface area contributed by atoms with Crippen LogP contribution in [0.2, 0.25) is 0 Å². The van der Waals surface area contributed by atoms with Crippen molar-refractivity contribution in [2.75, 3.05) is 12.0 Å². The van der Waals surface area contributed by atoms with Crippen molar-refractivity contribution >= 4 is 21.2 Å². The summed E-state index contributed by atoms with van der Waals surface area (Å²) in [5.41, 5.74) is 1.87. The van der Waals surface area contributed by atoms with E-state index >= 15 is 0 Å². The van der Waals surface area contributed by atoms with Crippen molar-refractivity contribution in [3.63, 3.8) is 0 Å². The molecule has 14 heavy (non-hydrogen) atoms. The van der Waals surface area contributed by atoms with Crippen LogP contribution in [-0.4, -0.2) is 25.5 Å². The maximum absolute atomic E-state index is 10.9. The van der Waals surface area contributed by atoms with Crippen LogP contribution < -0.4 is 0 Å². The Morgan fingerprint density at radius 2 is 2.14 bits per heavy atom. The first-order valence-corrected chi connectivity index (χ1v) is 7.29. The molecule has 1 aromatic heterocycles. The molecule has 1 rings (SSSR count). The van der Waals surface area contributed by atoms with Crippen LogP contribution >= 0.6 is 11.3 Å². The van der Waals surface area contributed by atoms with Crippen LogP contribution in [0.4, 0.5) is 0 Å². The van der Waals surface area contributed by atoms with Crippen molar-refractivity contribution in [3.8, 4) is 0 Å². The molecule has 1 N–H and O–H groups in total. The quantitative estimate of drug-likeness (QED) is 0.859. The fourth-order valence-corrected chi connectivity index (χ4v) is 2.74. The molecule has 80 valence electrons. The van der Waals surface area contributed by atoms with Crippen molar-refractivity contribution < 1.29 is 13.5 Å². The highest BCUT2D eigenvalue weighted by Gasteiger charge is 2.13. The Morgan fingerprint density at radius 3 is 2.57 bits per heavy atom. The number of hydrogen-bond donors (Lipinski definition) is 1. The van der Waals surface area contributed by atoms with E-state index in [1.807, 2.05) is 17.7 Å². The lowest BCUT2D eigenvalue weighted by molar-refractivity contribution is 0.174. The van der Waals surface area contributed by atoms with Gasteiger partial charge in [0.1, 0.15) is 9.84 Å². The summed E-state index contributed by atoms with van der Waals surface area (Å²) in [5, 5.41) is 13.5. The van der Waals surface area contributed by atoms with E-state index in [0.717, 1.165) is 11.1 Å². The van der Waals surface area contributed by atoms with Crippen molar-refractivity contribution in [2.24, 2.45) is 0 Å². The van der Waals surface area contributed by atoms with E-state index in [1.54, 1.807) is 0 Å². The van der Waals surface area contributed by atoms with E-state index in [9.17, 15) is 13.5 Å². The highest BCUT2D eigenvalue weighted by Crippen LogP contribution is 2.24. The number of sulfone groups is 1. The second kappa shape index (κ2) is 4.42. The van der Waals surface area contributed by atoms with Gasteiger partial charge in [0.15, 0.2) is 0 Å². The van der Waals surface area contributed by atoms with E-state index < -0.39 is 15.9 Å². The SMILES string of the molecule is Cc1cscc1C(O)CCS(C)(=O)=O. The summed E-state index contributed by atoms with van der Waals surface area (Å²) in [4.78, 5) is 0. The average Bonchev–Trinajstić information content (AvgIpc) is 2.46.